The predicted molar refractivity (Wildman–Crippen MR) is 93.8 cm³/mol. The quantitative estimate of drug-likeness (QED) is 0.570. The lowest BCUT2D eigenvalue weighted by atomic mass is 9.97. The summed E-state index contributed by atoms with van der Waals surface area (Å²) in [5, 5.41) is 0.0424. The van der Waals surface area contributed by atoms with Crippen LogP contribution in [0, 0.1) is 5.92 Å². The van der Waals surface area contributed by atoms with Crippen LogP contribution in [-0.4, -0.2) is 44.0 Å². The van der Waals surface area contributed by atoms with Crippen molar-refractivity contribution in [3.63, 3.8) is 0 Å². The maximum absolute atomic E-state index is 12.5. The van der Waals surface area contributed by atoms with Crippen LogP contribution in [0.2, 0.25) is 18.1 Å². The van der Waals surface area contributed by atoms with Gasteiger partial charge in [-0.3, -0.25) is 4.90 Å². The number of likely N-dealkylation sites (tertiary alicyclic amines) is 1. The molecule has 1 heterocycles. The summed E-state index contributed by atoms with van der Waals surface area (Å²) in [6.07, 6.45) is 1.46. The summed E-state index contributed by atoms with van der Waals surface area (Å²) in [7, 11) is -2.05. The third-order valence-electron chi connectivity index (χ3n) is 4.65. The predicted octanol–water partition coefficient (Wildman–Crippen LogP) is 4.18. The fourth-order valence-corrected chi connectivity index (χ4v) is 3.49. The Morgan fingerprint density at radius 1 is 1.17 bits per heavy atom. The Labute approximate surface area is 141 Å². The molecule has 1 saturated heterocycles. The molecule has 6 heteroatoms. The summed E-state index contributed by atoms with van der Waals surface area (Å²) >= 11 is 0. The van der Waals surface area contributed by atoms with E-state index in [2.05, 4.69) is 33.9 Å². The van der Waals surface area contributed by atoms with Crippen molar-refractivity contribution in [1.29, 1.82) is 0 Å². The molecular weight excluding hydrogens is 310 g/mol. The first-order chi connectivity index (χ1) is 10.3. The minimum absolute atomic E-state index is 0.0424. The van der Waals surface area contributed by atoms with Gasteiger partial charge < -0.3 is 14.0 Å². The van der Waals surface area contributed by atoms with Gasteiger partial charge in [0.25, 0.3) is 0 Å². The van der Waals surface area contributed by atoms with E-state index in [0.29, 0.717) is 19.4 Å². The van der Waals surface area contributed by atoms with Gasteiger partial charge >= 0.3 is 6.09 Å². The van der Waals surface area contributed by atoms with Gasteiger partial charge in [-0.15, -0.1) is 0 Å². The monoisotopic (exact) mass is 343 g/mol. The van der Waals surface area contributed by atoms with Crippen LogP contribution in [0.4, 0.5) is 4.79 Å². The molecule has 1 aliphatic rings. The van der Waals surface area contributed by atoms with Crippen molar-refractivity contribution in [2.24, 2.45) is 5.92 Å². The van der Waals surface area contributed by atoms with E-state index in [1.807, 2.05) is 20.8 Å². The number of nitrogens with zero attached hydrogens (tertiary/aromatic N) is 1. The highest BCUT2D eigenvalue weighted by molar-refractivity contribution is 6.74. The second-order valence-corrected chi connectivity index (χ2v) is 13.7. The van der Waals surface area contributed by atoms with Crippen LogP contribution in [0.15, 0.2) is 0 Å². The molecule has 1 amide bonds. The first-order valence-electron chi connectivity index (χ1n) is 8.39. The van der Waals surface area contributed by atoms with Crippen molar-refractivity contribution in [3.8, 4) is 0 Å². The van der Waals surface area contributed by atoms with E-state index < -0.39 is 13.9 Å². The number of carbonyl (C=O) groups is 2. The van der Waals surface area contributed by atoms with Gasteiger partial charge in [-0.25, -0.2) is 4.79 Å². The molecule has 1 fully saturated rings. The van der Waals surface area contributed by atoms with Crippen LogP contribution in [0.25, 0.3) is 0 Å². The largest absolute Gasteiger partial charge is 0.444 e. The zero-order chi connectivity index (χ0) is 18.1. The number of piperidine rings is 1. The van der Waals surface area contributed by atoms with E-state index >= 15 is 0 Å². The molecule has 1 rings (SSSR count). The Balaban J connectivity index is 2.95. The van der Waals surface area contributed by atoms with Crippen LogP contribution >= 0.6 is 0 Å². The van der Waals surface area contributed by atoms with Crippen molar-refractivity contribution in [3.05, 3.63) is 0 Å². The zero-order valence-corrected chi connectivity index (χ0v) is 16.9. The molecule has 0 radical (unpaired) electrons. The van der Waals surface area contributed by atoms with Crippen LogP contribution < -0.4 is 0 Å². The van der Waals surface area contributed by atoms with E-state index in [9.17, 15) is 9.59 Å². The molecule has 0 aliphatic carbocycles. The molecular formula is C17H33NO4Si. The summed E-state index contributed by atoms with van der Waals surface area (Å²) in [5.41, 5.74) is -0.542. The van der Waals surface area contributed by atoms with Gasteiger partial charge in [0.2, 0.25) is 0 Å². The number of amides is 1. The highest BCUT2D eigenvalue weighted by Crippen LogP contribution is 2.39. The fourth-order valence-electron chi connectivity index (χ4n) is 2.23. The molecule has 5 nitrogen and oxygen atoms in total. The second-order valence-electron chi connectivity index (χ2n) is 8.93. The lowest BCUT2D eigenvalue weighted by Gasteiger charge is -2.45. The molecule has 23 heavy (non-hydrogen) atoms. The maximum Gasteiger partial charge on any atom is 0.412 e. The van der Waals surface area contributed by atoms with E-state index in [-0.39, 0.29) is 23.3 Å². The van der Waals surface area contributed by atoms with Crippen LogP contribution in [0.1, 0.15) is 54.4 Å². The lowest BCUT2D eigenvalue weighted by molar-refractivity contribution is -0.116. The number of hydrogen-bond donors (Lipinski definition) is 0. The van der Waals surface area contributed by atoms with Crippen molar-refractivity contribution in [1.82, 2.24) is 4.90 Å². The zero-order valence-electron chi connectivity index (χ0n) is 15.9. The third-order valence-corrected chi connectivity index (χ3v) is 9.12. The highest BCUT2D eigenvalue weighted by Gasteiger charge is 2.43. The van der Waals surface area contributed by atoms with Crippen LogP contribution in [0.5, 0.6) is 0 Å². The smallest absolute Gasteiger partial charge is 0.412 e. The Morgan fingerprint density at radius 2 is 1.74 bits per heavy atom. The number of carbonyl (C=O) groups excluding carboxylic acids is 2. The number of ether oxygens (including phenoxy) is 1. The molecule has 1 aliphatic heterocycles. The van der Waals surface area contributed by atoms with Gasteiger partial charge in [-0.05, 0) is 45.3 Å². The van der Waals surface area contributed by atoms with Crippen LogP contribution in [-0.2, 0) is 14.0 Å². The molecule has 0 bridgehead atoms. The van der Waals surface area contributed by atoms with E-state index in [1.165, 1.54) is 0 Å². The molecule has 2 atom stereocenters. The molecule has 0 aromatic heterocycles. The average molecular weight is 344 g/mol. The Hall–Kier alpha value is -0.883. The van der Waals surface area contributed by atoms with Crippen molar-refractivity contribution in [2.45, 2.75) is 84.3 Å². The van der Waals surface area contributed by atoms with Crippen LogP contribution in [0.3, 0.4) is 0 Å². The van der Waals surface area contributed by atoms with Gasteiger partial charge in [-0.1, -0.05) is 20.8 Å². The molecule has 0 saturated carbocycles. The minimum atomic E-state index is -2.05. The Kier molecular flexibility index (Phi) is 6.07. The molecule has 134 valence electrons. The highest BCUT2D eigenvalue weighted by atomic mass is 28.4. The first kappa shape index (κ1) is 20.2. The van der Waals surface area contributed by atoms with E-state index in [4.69, 9.17) is 9.16 Å². The minimum Gasteiger partial charge on any atom is -0.444 e. The summed E-state index contributed by atoms with van der Waals surface area (Å²) < 4.78 is 11.9. The Morgan fingerprint density at radius 3 is 2.17 bits per heavy atom. The summed E-state index contributed by atoms with van der Waals surface area (Å²) in [6.45, 7) is 16.9. The van der Waals surface area contributed by atoms with Gasteiger partial charge in [0.15, 0.2) is 8.32 Å². The fraction of sp³-hybridized carbons (Fsp3) is 0.882. The molecule has 0 N–H and O–H groups in total. The number of aldehydes is 1. The molecule has 2 unspecified atom stereocenters. The second kappa shape index (κ2) is 6.93. The maximum atomic E-state index is 12.5. The number of hydrogen-bond acceptors (Lipinski definition) is 4. The average Bonchev–Trinajstić information content (AvgIpc) is 2.34. The molecule has 0 spiro atoms. The van der Waals surface area contributed by atoms with Gasteiger partial charge in [0.1, 0.15) is 18.1 Å². The van der Waals surface area contributed by atoms with Gasteiger partial charge in [-0.2, -0.15) is 0 Å². The van der Waals surface area contributed by atoms with E-state index in [0.717, 1.165) is 6.29 Å². The summed E-state index contributed by atoms with van der Waals surface area (Å²) in [5.74, 6) is -0.0524. The van der Waals surface area contributed by atoms with Crippen molar-refractivity contribution < 1.29 is 18.8 Å². The Bertz CT molecular complexity index is 437. The van der Waals surface area contributed by atoms with E-state index in [1.54, 1.807) is 4.90 Å². The number of rotatable bonds is 3. The van der Waals surface area contributed by atoms with Crippen molar-refractivity contribution >= 4 is 20.7 Å². The van der Waals surface area contributed by atoms with Gasteiger partial charge in [0.05, 0.1) is 0 Å². The van der Waals surface area contributed by atoms with Crippen molar-refractivity contribution in [2.75, 3.05) is 6.54 Å². The normalized spacial score (nSPS) is 23.6. The molecule has 0 aromatic carbocycles. The molecule has 0 aromatic rings. The topological polar surface area (TPSA) is 55.8 Å². The standard InChI is InChI=1S/C17H33NO4Si/c1-16(2,3)21-15(20)18-10-9-13(12-19)11-14(18)22-23(7,8)17(4,5)6/h12-14H,9-11H2,1-8H3. The van der Waals surface area contributed by atoms with Gasteiger partial charge in [0, 0.05) is 18.9 Å². The lowest BCUT2D eigenvalue weighted by Crippen LogP contribution is -2.55. The summed E-state index contributed by atoms with van der Waals surface area (Å²) in [6, 6.07) is 0. The first-order valence-corrected chi connectivity index (χ1v) is 11.3. The third kappa shape index (κ3) is 5.60. The SMILES string of the molecule is CC(C)(C)OC(=O)N1CCC(C=O)CC1O[Si](C)(C)C(C)(C)C. The summed E-state index contributed by atoms with van der Waals surface area (Å²) in [4.78, 5) is 25.4.